The summed E-state index contributed by atoms with van der Waals surface area (Å²) in [5, 5.41) is 12.5. The number of hydrogen-bond acceptors (Lipinski definition) is 5. The summed E-state index contributed by atoms with van der Waals surface area (Å²) < 4.78 is 22.8. The van der Waals surface area contributed by atoms with Crippen LogP contribution >= 0.6 is 0 Å². The molecule has 30 heavy (non-hydrogen) atoms. The Morgan fingerprint density at radius 2 is 1.70 bits per heavy atom. The van der Waals surface area contributed by atoms with Gasteiger partial charge in [0.1, 0.15) is 9.84 Å². The van der Waals surface area contributed by atoms with Crippen LogP contribution in [0.5, 0.6) is 0 Å². The maximum absolute atomic E-state index is 12.3. The number of aliphatic hydroxyl groups is 1. The Balaban J connectivity index is 1.70. The Morgan fingerprint density at radius 3 is 2.27 bits per heavy atom. The van der Waals surface area contributed by atoms with Crippen LogP contribution in [0.4, 0.5) is 0 Å². The van der Waals surface area contributed by atoms with E-state index in [1.165, 1.54) is 18.2 Å². The maximum Gasteiger partial charge on any atom is 0.289 e. The SMILES string of the molecule is CN1CC(C(=O)NCc2cccc(-c3cccc(CCS(C)(=O)=O)c3)c2)=C(O)C1=O. The molecule has 0 saturated heterocycles. The number of amides is 2. The summed E-state index contributed by atoms with van der Waals surface area (Å²) in [6.45, 7) is 0.325. The van der Waals surface area contributed by atoms with Crippen LogP contribution in [0.25, 0.3) is 11.1 Å². The zero-order valence-corrected chi connectivity index (χ0v) is 17.7. The lowest BCUT2D eigenvalue weighted by atomic mass is 10.0. The molecule has 1 aliphatic heterocycles. The topological polar surface area (TPSA) is 104 Å². The van der Waals surface area contributed by atoms with Gasteiger partial charge in [0, 0.05) is 19.8 Å². The minimum atomic E-state index is -3.03. The quantitative estimate of drug-likeness (QED) is 0.700. The number of aryl methyl sites for hydroxylation is 1. The molecule has 0 aromatic heterocycles. The van der Waals surface area contributed by atoms with Gasteiger partial charge in [-0.2, -0.15) is 0 Å². The number of sulfone groups is 1. The average molecular weight is 429 g/mol. The van der Waals surface area contributed by atoms with E-state index < -0.39 is 27.4 Å². The van der Waals surface area contributed by atoms with Crippen LogP contribution in [-0.2, 0) is 32.4 Å². The first kappa shape index (κ1) is 21.6. The van der Waals surface area contributed by atoms with E-state index in [-0.39, 0.29) is 24.4 Å². The molecule has 2 N–H and O–H groups in total. The number of aliphatic hydroxyl groups excluding tert-OH is 1. The summed E-state index contributed by atoms with van der Waals surface area (Å²) in [4.78, 5) is 25.2. The van der Waals surface area contributed by atoms with E-state index in [0.717, 1.165) is 22.3 Å². The summed E-state index contributed by atoms with van der Waals surface area (Å²) in [5.41, 5.74) is 3.77. The second kappa shape index (κ2) is 8.71. The van der Waals surface area contributed by atoms with Crippen molar-refractivity contribution in [3.8, 4) is 11.1 Å². The second-order valence-electron chi connectivity index (χ2n) is 7.45. The van der Waals surface area contributed by atoms with E-state index in [9.17, 15) is 23.1 Å². The number of nitrogens with zero attached hydrogens (tertiary/aromatic N) is 1. The highest BCUT2D eigenvalue weighted by atomic mass is 32.2. The van der Waals surface area contributed by atoms with E-state index in [4.69, 9.17) is 0 Å². The first-order chi connectivity index (χ1) is 14.1. The molecule has 7 nitrogen and oxygen atoms in total. The fraction of sp³-hybridized carbons (Fsp3) is 0.273. The lowest BCUT2D eigenvalue weighted by molar-refractivity contribution is -0.126. The van der Waals surface area contributed by atoms with Gasteiger partial charge in [0.15, 0.2) is 5.76 Å². The molecule has 2 aromatic carbocycles. The van der Waals surface area contributed by atoms with Crippen LogP contribution in [0.1, 0.15) is 11.1 Å². The highest BCUT2D eigenvalue weighted by molar-refractivity contribution is 7.90. The smallest absolute Gasteiger partial charge is 0.289 e. The van der Waals surface area contributed by atoms with Crippen molar-refractivity contribution in [3.05, 3.63) is 71.0 Å². The van der Waals surface area contributed by atoms with Gasteiger partial charge in [-0.1, -0.05) is 42.5 Å². The Bertz CT molecular complexity index is 1120. The van der Waals surface area contributed by atoms with Crippen molar-refractivity contribution in [2.45, 2.75) is 13.0 Å². The number of carbonyl (C=O) groups is 2. The predicted octanol–water partition coefficient (Wildman–Crippen LogP) is 1.84. The number of hydrogen-bond donors (Lipinski definition) is 2. The van der Waals surface area contributed by atoms with Crippen LogP contribution in [0.3, 0.4) is 0 Å². The molecule has 0 unspecified atom stereocenters. The molecule has 1 aliphatic rings. The normalized spacial score (nSPS) is 14.3. The van der Waals surface area contributed by atoms with Gasteiger partial charge in [-0.25, -0.2) is 8.42 Å². The van der Waals surface area contributed by atoms with E-state index >= 15 is 0 Å². The highest BCUT2D eigenvalue weighted by Gasteiger charge is 2.31. The molecule has 0 atom stereocenters. The molecule has 0 spiro atoms. The number of likely N-dealkylation sites (N-methyl/N-ethyl adjacent to an activating group) is 1. The van der Waals surface area contributed by atoms with Crippen molar-refractivity contribution in [1.29, 1.82) is 0 Å². The second-order valence-corrected chi connectivity index (χ2v) is 9.71. The van der Waals surface area contributed by atoms with Gasteiger partial charge >= 0.3 is 0 Å². The van der Waals surface area contributed by atoms with Crippen LogP contribution in [0.15, 0.2) is 59.9 Å². The Morgan fingerprint density at radius 1 is 1.10 bits per heavy atom. The Labute approximate surface area is 175 Å². The van der Waals surface area contributed by atoms with Crippen molar-refractivity contribution in [3.63, 3.8) is 0 Å². The van der Waals surface area contributed by atoms with Crippen molar-refractivity contribution < 1.29 is 23.1 Å². The van der Waals surface area contributed by atoms with Crippen molar-refractivity contribution in [2.75, 3.05) is 25.6 Å². The summed E-state index contributed by atoms with van der Waals surface area (Å²) in [6.07, 6.45) is 1.68. The molecule has 0 radical (unpaired) electrons. The highest BCUT2D eigenvalue weighted by Crippen LogP contribution is 2.22. The molecular weight excluding hydrogens is 404 g/mol. The van der Waals surface area contributed by atoms with Crippen LogP contribution in [-0.4, -0.2) is 55.8 Å². The fourth-order valence-corrected chi connectivity index (χ4v) is 3.84. The third-order valence-corrected chi connectivity index (χ3v) is 5.85. The molecule has 2 aromatic rings. The van der Waals surface area contributed by atoms with Gasteiger partial charge in [-0.15, -0.1) is 0 Å². The summed E-state index contributed by atoms with van der Waals surface area (Å²) in [7, 11) is -1.51. The molecule has 0 fully saturated rings. The minimum Gasteiger partial charge on any atom is -0.503 e. The van der Waals surface area contributed by atoms with E-state index in [1.54, 1.807) is 0 Å². The standard InChI is InChI=1S/C22H24N2O5S/c1-24-14-19(20(25)22(24)27)21(26)23-13-16-6-4-8-18(12-16)17-7-3-5-15(11-17)9-10-30(2,28)29/h3-8,11-12,25H,9-10,13-14H2,1-2H3,(H,23,26). The predicted molar refractivity (Wildman–Crippen MR) is 114 cm³/mol. The number of rotatable bonds is 7. The summed E-state index contributed by atoms with van der Waals surface area (Å²) in [6, 6.07) is 15.3. The molecule has 2 amide bonds. The van der Waals surface area contributed by atoms with Crippen molar-refractivity contribution in [1.82, 2.24) is 10.2 Å². The third kappa shape index (κ3) is 5.27. The van der Waals surface area contributed by atoms with E-state index in [1.807, 2.05) is 48.5 Å². The van der Waals surface area contributed by atoms with Crippen LogP contribution < -0.4 is 5.32 Å². The molecule has 0 aliphatic carbocycles. The van der Waals surface area contributed by atoms with Gasteiger partial charge in [-0.05, 0) is 34.7 Å². The number of carbonyl (C=O) groups excluding carboxylic acids is 2. The largest absolute Gasteiger partial charge is 0.503 e. The van der Waals surface area contributed by atoms with Gasteiger partial charge < -0.3 is 15.3 Å². The van der Waals surface area contributed by atoms with Crippen LogP contribution in [0, 0.1) is 0 Å². The van der Waals surface area contributed by atoms with Crippen LogP contribution in [0.2, 0.25) is 0 Å². The minimum absolute atomic E-state index is 0.0669. The monoisotopic (exact) mass is 428 g/mol. The van der Waals surface area contributed by atoms with Gasteiger partial charge in [0.05, 0.1) is 17.9 Å². The molecule has 158 valence electrons. The molecule has 3 rings (SSSR count). The fourth-order valence-electron chi connectivity index (χ4n) is 3.23. The van der Waals surface area contributed by atoms with Crippen molar-refractivity contribution >= 4 is 21.7 Å². The first-order valence-electron chi connectivity index (χ1n) is 9.46. The summed E-state index contributed by atoms with van der Waals surface area (Å²) in [5.74, 6) is -1.44. The number of nitrogens with one attached hydrogen (secondary N) is 1. The van der Waals surface area contributed by atoms with E-state index in [2.05, 4.69) is 5.32 Å². The lowest BCUT2D eigenvalue weighted by Crippen LogP contribution is -2.27. The molecular formula is C22H24N2O5S. The zero-order chi connectivity index (χ0) is 21.9. The Hall–Kier alpha value is -3.13. The Kier molecular flexibility index (Phi) is 6.26. The first-order valence-corrected chi connectivity index (χ1v) is 11.5. The lowest BCUT2D eigenvalue weighted by Gasteiger charge is -2.10. The molecule has 0 bridgehead atoms. The average Bonchev–Trinajstić information content (AvgIpc) is 2.98. The molecule has 0 saturated carbocycles. The van der Waals surface area contributed by atoms with Gasteiger partial charge in [0.2, 0.25) is 0 Å². The van der Waals surface area contributed by atoms with E-state index in [0.29, 0.717) is 6.42 Å². The van der Waals surface area contributed by atoms with Gasteiger partial charge in [0.25, 0.3) is 11.8 Å². The molecule has 8 heteroatoms. The van der Waals surface area contributed by atoms with Crippen molar-refractivity contribution in [2.24, 2.45) is 0 Å². The summed E-state index contributed by atoms with van der Waals surface area (Å²) >= 11 is 0. The van der Waals surface area contributed by atoms with Gasteiger partial charge in [-0.3, -0.25) is 9.59 Å². The number of benzene rings is 2. The maximum atomic E-state index is 12.3. The molecule has 1 heterocycles. The third-order valence-electron chi connectivity index (χ3n) is 4.91. The zero-order valence-electron chi connectivity index (χ0n) is 16.9.